The van der Waals surface area contributed by atoms with Crippen molar-refractivity contribution in [3.8, 4) is 6.07 Å². The van der Waals surface area contributed by atoms with Crippen LogP contribution in [0.15, 0.2) is 0 Å². The van der Waals surface area contributed by atoms with E-state index in [9.17, 15) is 0 Å². The van der Waals surface area contributed by atoms with E-state index in [1.165, 1.54) is 19.3 Å². The maximum absolute atomic E-state index is 8.92. The smallest absolute Gasteiger partial charge is 0.102 e. The van der Waals surface area contributed by atoms with Gasteiger partial charge in [0.2, 0.25) is 0 Å². The van der Waals surface area contributed by atoms with Crippen molar-refractivity contribution < 1.29 is 0 Å². The van der Waals surface area contributed by atoms with Gasteiger partial charge in [0.15, 0.2) is 0 Å². The number of fused-ring (bicyclic) bond motifs is 2. The standard InChI is InChI=1S/C13H24N4/c1-13(15,10-14)6-8-17-7-5-11-3-4-12(9-17)16(11)2/h11-12H,3-9,15H2,1-2H3. The molecule has 2 N–H and O–H groups in total. The number of hydrogen-bond acceptors (Lipinski definition) is 4. The average Bonchev–Trinajstić information content (AvgIpc) is 2.52. The predicted octanol–water partition coefficient (Wildman–Crippen LogP) is 0.786. The summed E-state index contributed by atoms with van der Waals surface area (Å²) < 4.78 is 0. The Morgan fingerprint density at radius 2 is 2.06 bits per heavy atom. The first-order valence-electron chi connectivity index (χ1n) is 6.66. The summed E-state index contributed by atoms with van der Waals surface area (Å²) in [6.07, 6.45) is 4.73. The molecule has 3 unspecified atom stereocenters. The second-order valence-corrected chi connectivity index (χ2v) is 5.92. The summed E-state index contributed by atoms with van der Waals surface area (Å²) in [5, 5.41) is 8.92. The van der Waals surface area contributed by atoms with Gasteiger partial charge in [0.25, 0.3) is 0 Å². The molecule has 0 spiro atoms. The Balaban J connectivity index is 1.86. The Hall–Kier alpha value is -0.630. The van der Waals surface area contributed by atoms with Crippen LogP contribution in [-0.4, -0.2) is 54.1 Å². The van der Waals surface area contributed by atoms with Crippen LogP contribution >= 0.6 is 0 Å². The molecule has 3 atom stereocenters. The summed E-state index contributed by atoms with van der Waals surface area (Å²) in [5.74, 6) is 0. The van der Waals surface area contributed by atoms with Crippen LogP contribution in [0.5, 0.6) is 0 Å². The van der Waals surface area contributed by atoms with Crippen LogP contribution in [0.4, 0.5) is 0 Å². The zero-order valence-corrected chi connectivity index (χ0v) is 11.0. The molecule has 2 fully saturated rings. The first-order chi connectivity index (χ1) is 8.02. The van der Waals surface area contributed by atoms with Gasteiger partial charge in [-0.3, -0.25) is 4.90 Å². The minimum Gasteiger partial charge on any atom is -0.314 e. The highest BCUT2D eigenvalue weighted by molar-refractivity contribution is 5.01. The van der Waals surface area contributed by atoms with Crippen LogP contribution in [0.2, 0.25) is 0 Å². The van der Waals surface area contributed by atoms with Gasteiger partial charge in [-0.1, -0.05) is 0 Å². The topological polar surface area (TPSA) is 56.3 Å². The number of likely N-dealkylation sites (tertiary alicyclic amines) is 1. The van der Waals surface area contributed by atoms with E-state index in [2.05, 4.69) is 22.9 Å². The normalized spacial score (nSPS) is 34.0. The molecule has 0 amide bonds. The maximum Gasteiger partial charge on any atom is 0.102 e. The summed E-state index contributed by atoms with van der Waals surface area (Å²) >= 11 is 0. The second kappa shape index (κ2) is 4.93. The van der Waals surface area contributed by atoms with Crippen molar-refractivity contribution in [2.45, 2.75) is 50.2 Å². The molecule has 2 saturated heterocycles. The lowest BCUT2D eigenvalue weighted by molar-refractivity contribution is 0.212. The fourth-order valence-corrected chi connectivity index (χ4v) is 3.03. The molecule has 2 heterocycles. The molecular formula is C13H24N4. The molecular weight excluding hydrogens is 212 g/mol. The van der Waals surface area contributed by atoms with Gasteiger partial charge in [0, 0.05) is 25.2 Å². The third kappa shape index (κ3) is 2.98. The lowest BCUT2D eigenvalue weighted by atomic mass is 10.0. The molecule has 0 aromatic carbocycles. The van der Waals surface area contributed by atoms with Gasteiger partial charge in [-0.25, -0.2) is 0 Å². The monoisotopic (exact) mass is 236 g/mol. The van der Waals surface area contributed by atoms with Gasteiger partial charge in [0.05, 0.1) is 6.07 Å². The number of likely N-dealkylation sites (N-methyl/N-ethyl adjacent to an activating group) is 1. The highest BCUT2D eigenvalue weighted by Gasteiger charge is 2.34. The molecule has 4 nitrogen and oxygen atoms in total. The van der Waals surface area contributed by atoms with Crippen LogP contribution in [0.25, 0.3) is 0 Å². The van der Waals surface area contributed by atoms with E-state index in [0.29, 0.717) is 6.04 Å². The zero-order chi connectivity index (χ0) is 12.5. The predicted molar refractivity (Wildman–Crippen MR) is 68.5 cm³/mol. The van der Waals surface area contributed by atoms with E-state index in [1.54, 1.807) is 0 Å². The second-order valence-electron chi connectivity index (χ2n) is 5.92. The fourth-order valence-electron chi connectivity index (χ4n) is 3.03. The van der Waals surface area contributed by atoms with Crippen LogP contribution < -0.4 is 5.73 Å². The Labute approximate surface area is 104 Å². The SMILES string of the molecule is CN1C2CCC1CN(CCC(C)(N)C#N)CC2. The number of nitriles is 1. The largest absolute Gasteiger partial charge is 0.314 e. The van der Waals surface area contributed by atoms with Crippen molar-refractivity contribution in [3.05, 3.63) is 0 Å². The summed E-state index contributed by atoms with van der Waals surface area (Å²) in [6.45, 7) is 5.09. The molecule has 4 heteroatoms. The molecule has 0 aromatic rings. The van der Waals surface area contributed by atoms with Crippen LogP contribution in [-0.2, 0) is 0 Å². The van der Waals surface area contributed by atoms with Crippen LogP contribution in [0.1, 0.15) is 32.6 Å². The van der Waals surface area contributed by atoms with Gasteiger partial charge in [-0.15, -0.1) is 0 Å². The van der Waals surface area contributed by atoms with Gasteiger partial charge in [-0.05, 0) is 46.2 Å². The van der Waals surface area contributed by atoms with Crippen molar-refractivity contribution >= 4 is 0 Å². The molecule has 2 bridgehead atoms. The van der Waals surface area contributed by atoms with Crippen molar-refractivity contribution in [2.24, 2.45) is 5.73 Å². The quantitative estimate of drug-likeness (QED) is 0.787. The summed E-state index contributed by atoms with van der Waals surface area (Å²) in [6, 6.07) is 3.68. The molecule has 17 heavy (non-hydrogen) atoms. The number of hydrogen-bond donors (Lipinski definition) is 1. The van der Waals surface area contributed by atoms with Crippen molar-refractivity contribution in [3.63, 3.8) is 0 Å². The minimum atomic E-state index is -0.669. The van der Waals surface area contributed by atoms with E-state index in [1.807, 2.05) is 6.92 Å². The Kier molecular flexibility index (Phi) is 3.72. The number of nitrogens with zero attached hydrogens (tertiary/aromatic N) is 3. The van der Waals surface area contributed by atoms with E-state index >= 15 is 0 Å². The van der Waals surface area contributed by atoms with E-state index in [4.69, 9.17) is 11.0 Å². The third-order valence-corrected chi connectivity index (χ3v) is 4.44. The average molecular weight is 236 g/mol. The van der Waals surface area contributed by atoms with Crippen LogP contribution in [0.3, 0.4) is 0 Å². The highest BCUT2D eigenvalue weighted by Crippen LogP contribution is 2.28. The van der Waals surface area contributed by atoms with Crippen molar-refractivity contribution in [1.82, 2.24) is 9.80 Å². The van der Waals surface area contributed by atoms with Crippen LogP contribution in [0, 0.1) is 11.3 Å². The molecule has 0 radical (unpaired) electrons. The lowest BCUT2D eigenvalue weighted by Gasteiger charge is -2.27. The molecule has 2 rings (SSSR count). The first-order valence-corrected chi connectivity index (χ1v) is 6.66. The summed E-state index contributed by atoms with van der Waals surface area (Å²) in [7, 11) is 2.26. The molecule has 0 aromatic heterocycles. The van der Waals surface area contributed by atoms with Gasteiger partial charge in [0.1, 0.15) is 5.54 Å². The first kappa shape index (κ1) is 12.8. The molecule has 0 saturated carbocycles. The lowest BCUT2D eigenvalue weighted by Crippen LogP contribution is -2.41. The summed E-state index contributed by atoms with van der Waals surface area (Å²) in [5.41, 5.74) is 5.21. The maximum atomic E-state index is 8.92. The van der Waals surface area contributed by atoms with Gasteiger partial charge < -0.3 is 10.6 Å². The Morgan fingerprint density at radius 1 is 1.35 bits per heavy atom. The zero-order valence-electron chi connectivity index (χ0n) is 11.0. The minimum absolute atomic E-state index is 0.669. The fraction of sp³-hybridized carbons (Fsp3) is 0.923. The van der Waals surface area contributed by atoms with Gasteiger partial charge in [-0.2, -0.15) is 5.26 Å². The Bertz CT molecular complexity index is 307. The van der Waals surface area contributed by atoms with E-state index < -0.39 is 5.54 Å². The van der Waals surface area contributed by atoms with Gasteiger partial charge >= 0.3 is 0 Å². The Morgan fingerprint density at radius 3 is 2.76 bits per heavy atom. The van der Waals surface area contributed by atoms with Crippen molar-refractivity contribution in [1.29, 1.82) is 5.26 Å². The van der Waals surface area contributed by atoms with E-state index in [0.717, 1.165) is 32.1 Å². The molecule has 2 aliphatic heterocycles. The third-order valence-electron chi connectivity index (χ3n) is 4.44. The number of rotatable bonds is 3. The molecule has 0 aliphatic carbocycles. The molecule has 2 aliphatic rings. The summed E-state index contributed by atoms with van der Waals surface area (Å²) in [4.78, 5) is 5.04. The number of nitrogens with two attached hydrogens (primary N) is 1. The van der Waals surface area contributed by atoms with Crippen molar-refractivity contribution in [2.75, 3.05) is 26.7 Å². The highest BCUT2D eigenvalue weighted by atomic mass is 15.3. The van der Waals surface area contributed by atoms with E-state index in [-0.39, 0.29) is 0 Å². The molecule has 96 valence electrons.